The molecule has 124 valence electrons. The van der Waals surface area contributed by atoms with Gasteiger partial charge in [0.1, 0.15) is 11.1 Å². The predicted molar refractivity (Wildman–Crippen MR) is 92.0 cm³/mol. The van der Waals surface area contributed by atoms with E-state index >= 15 is 0 Å². The van der Waals surface area contributed by atoms with E-state index in [2.05, 4.69) is 9.97 Å². The number of aromatic amines is 1. The summed E-state index contributed by atoms with van der Waals surface area (Å²) >= 11 is 0. The van der Waals surface area contributed by atoms with Gasteiger partial charge in [-0.2, -0.15) is 0 Å². The van der Waals surface area contributed by atoms with Crippen molar-refractivity contribution in [2.24, 2.45) is 0 Å². The van der Waals surface area contributed by atoms with Crippen LogP contribution in [0, 0.1) is 5.82 Å². The number of hydrogen-bond acceptors (Lipinski definition) is 4. The van der Waals surface area contributed by atoms with Gasteiger partial charge in [-0.1, -0.05) is 36.4 Å². The molecule has 0 aliphatic carbocycles. The Kier molecular flexibility index (Phi) is 3.57. The Hall–Kier alpha value is -3.41. The summed E-state index contributed by atoms with van der Waals surface area (Å²) in [6.07, 6.45) is 1.28. The second-order valence-electron chi connectivity index (χ2n) is 5.43. The highest BCUT2D eigenvalue weighted by atomic mass is 19.1. The topological polar surface area (TPSA) is 68.1 Å². The molecule has 0 radical (unpaired) electrons. The number of ether oxygens (including phenoxy) is 1. The standard InChI is InChI=1S/C19H13FN2O3/c1-24-14-8-7-12(9-13(14)20)15-16-18(23)21-10-22-19(16)25-17(15)11-5-3-2-4-6-11/h2-10H,1H3,(H,21,22,23). The van der Waals surface area contributed by atoms with Gasteiger partial charge in [0.2, 0.25) is 5.71 Å². The van der Waals surface area contributed by atoms with E-state index in [1.807, 2.05) is 30.3 Å². The lowest BCUT2D eigenvalue weighted by Gasteiger charge is -2.06. The number of aromatic nitrogens is 2. The molecule has 0 unspecified atom stereocenters. The summed E-state index contributed by atoms with van der Waals surface area (Å²) in [7, 11) is 1.40. The molecule has 0 amide bonds. The molecule has 4 rings (SSSR count). The maximum Gasteiger partial charge on any atom is 0.262 e. The smallest absolute Gasteiger partial charge is 0.262 e. The van der Waals surface area contributed by atoms with Crippen LogP contribution in [0.15, 0.2) is 64.1 Å². The normalized spacial score (nSPS) is 11.0. The molecule has 0 aliphatic rings. The Bertz CT molecular complexity index is 1120. The van der Waals surface area contributed by atoms with E-state index in [9.17, 15) is 9.18 Å². The SMILES string of the molecule is COc1ccc(-c2c(-c3ccccc3)oc3nc[nH]c(=O)c23)cc1F. The van der Waals surface area contributed by atoms with Crippen LogP contribution in [0.25, 0.3) is 33.6 Å². The van der Waals surface area contributed by atoms with Gasteiger partial charge in [-0.05, 0) is 17.7 Å². The Morgan fingerprint density at radius 3 is 2.64 bits per heavy atom. The molecule has 2 aromatic heterocycles. The molecule has 25 heavy (non-hydrogen) atoms. The van der Waals surface area contributed by atoms with Crippen LogP contribution < -0.4 is 10.3 Å². The average Bonchev–Trinajstić information content (AvgIpc) is 3.03. The fourth-order valence-electron chi connectivity index (χ4n) is 2.83. The second-order valence-corrected chi connectivity index (χ2v) is 5.43. The number of halogens is 1. The number of benzene rings is 2. The molecule has 0 aliphatic heterocycles. The van der Waals surface area contributed by atoms with Crippen LogP contribution in [0.1, 0.15) is 0 Å². The minimum atomic E-state index is -0.520. The molecule has 0 bridgehead atoms. The number of H-pyrrole nitrogens is 1. The lowest BCUT2D eigenvalue weighted by Crippen LogP contribution is -2.05. The minimum absolute atomic E-state index is 0.129. The van der Waals surface area contributed by atoms with Gasteiger partial charge in [0.25, 0.3) is 5.56 Å². The number of nitrogens with zero attached hydrogens (tertiary/aromatic N) is 1. The van der Waals surface area contributed by atoms with Crippen LogP contribution in [0.3, 0.4) is 0 Å². The van der Waals surface area contributed by atoms with Crippen LogP contribution in [-0.4, -0.2) is 17.1 Å². The summed E-state index contributed by atoms with van der Waals surface area (Å²) in [5, 5.41) is 0.283. The van der Waals surface area contributed by atoms with Crippen molar-refractivity contribution >= 4 is 11.1 Å². The van der Waals surface area contributed by atoms with E-state index < -0.39 is 5.82 Å². The first-order valence-corrected chi connectivity index (χ1v) is 7.58. The molecule has 5 nitrogen and oxygen atoms in total. The fourth-order valence-corrected chi connectivity index (χ4v) is 2.83. The van der Waals surface area contributed by atoms with Crippen molar-refractivity contribution in [3.05, 3.63) is 71.0 Å². The van der Waals surface area contributed by atoms with Gasteiger partial charge in [-0.25, -0.2) is 9.37 Å². The van der Waals surface area contributed by atoms with Gasteiger partial charge >= 0.3 is 0 Å². The zero-order valence-corrected chi connectivity index (χ0v) is 13.2. The van der Waals surface area contributed by atoms with Crippen molar-refractivity contribution < 1.29 is 13.5 Å². The molecule has 0 saturated heterocycles. The van der Waals surface area contributed by atoms with E-state index in [-0.39, 0.29) is 22.4 Å². The highest BCUT2D eigenvalue weighted by Crippen LogP contribution is 2.39. The average molecular weight is 336 g/mol. The maximum atomic E-state index is 14.2. The Morgan fingerprint density at radius 2 is 1.92 bits per heavy atom. The van der Waals surface area contributed by atoms with Crippen molar-refractivity contribution in [2.75, 3.05) is 7.11 Å². The van der Waals surface area contributed by atoms with Crippen molar-refractivity contribution in [1.29, 1.82) is 0 Å². The van der Waals surface area contributed by atoms with Crippen molar-refractivity contribution in [1.82, 2.24) is 9.97 Å². The van der Waals surface area contributed by atoms with E-state index in [0.29, 0.717) is 16.9 Å². The van der Waals surface area contributed by atoms with Crippen LogP contribution in [-0.2, 0) is 0 Å². The first-order valence-electron chi connectivity index (χ1n) is 7.58. The quantitative estimate of drug-likeness (QED) is 0.614. The third-order valence-corrected chi connectivity index (χ3v) is 3.97. The van der Waals surface area contributed by atoms with Crippen LogP contribution >= 0.6 is 0 Å². The highest BCUT2D eigenvalue weighted by Gasteiger charge is 2.21. The fraction of sp³-hybridized carbons (Fsp3) is 0.0526. The van der Waals surface area contributed by atoms with Gasteiger partial charge in [-0.15, -0.1) is 0 Å². The van der Waals surface area contributed by atoms with Gasteiger partial charge in [-0.3, -0.25) is 4.79 Å². The summed E-state index contributed by atoms with van der Waals surface area (Å²) < 4.78 is 25.0. The van der Waals surface area contributed by atoms with Crippen LogP contribution in [0.5, 0.6) is 5.75 Å². The third kappa shape index (κ3) is 2.48. The highest BCUT2D eigenvalue weighted by molar-refractivity contribution is 5.99. The first kappa shape index (κ1) is 15.1. The molecule has 2 aromatic carbocycles. The largest absolute Gasteiger partial charge is 0.494 e. The predicted octanol–water partition coefficient (Wildman–Crippen LogP) is 4.00. The number of methoxy groups -OCH3 is 1. The van der Waals surface area contributed by atoms with Crippen molar-refractivity contribution in [3.63, 3.8) is 0 Å². The summed E-state index contributed by atoms with van der Waals surface area (Å²) in [6.45, 7) is 0. The van der Waals surface area contributed by atoms with Gasteiger partial charge in [0.15, 0.2) is 11.6 Å². The number of fused-ring (bicyclic) bond motifs is 1. The third-order valence-electron chi connectivity index (χ3n) is 3.97. The second kappa shape index (κ2) is 5.90. The molecule has 6 heteroatoms. The van der Waals surface area contributed by atoms with E-state index in [0.717, 1.165) is 5.56 Å². The molecule has 1 N–H and O–H groups in total. The van der Waals surface area contributed by atoms with Gasteiger partial charge in [0, 0.05) is 11.1 Å². The van der Waals surface area contributed by atoms with Crippen LogP contribution in [0.4, 0.5) is 4.39 Å². The monoisotopic (exact) mass is 336 g/mol. The van der Waals surface area contributed by atoms with E-state index in [1.54, 1.807) is 6.07 Å². The molecule has 0 spiro atoms. The zero-order valence-electron chi connectivity index (χ0n) is 13.2. The van der Waals surface area contributed by atoms with Crippen LogP contribution in [0.2, 0.25) is 0 Å². The molecular weight excluding hydrogens is 323 g/mol. The maximum absolute atomic E-state index is 14.2. The Labute approximate surface area is 141 Å². The number of furan rings is 1. The molecular formula is C19H13FN2O3. The van der Waals surface area contributed by atoms with E-state index in [1.165, 1.54) is 25.6 Å². The molecule has 0 atom stereocenters. The lowest BCUT2D eigenvalue weighted by molar-refractivity contribution is 0.386. The summed E-state index contributed by atoms with van der Waals surface area (Å²) in [5.74, 6) is 0.0721. The van der Waals surface area contributed by atoms with E-state index in [4.69, 9.17) is 9.15 Å². The minimum Gasteiger partial charge on any atom is -0.494 e. The number of rotatable bonds is 3. The van der Waals surface area contributed by atoms with Crippen molar-refractivity contribution in [3.8, 4) is 28.2 Å². The molecule has 2 heterocycles. The van der Waals surface area contributed by atoms with Gasteiger partial charge in [0.05, 0.1) is 13.4 Å². The number of hydrogen-bond donors (Lipinski definition) is 1. The van der Waals surface area contributed by atoms with Crippen molar-refractivity contribution in [2.45, 2.75) is 0 Å². The van der Waals surface area contributed by atoms with Gasteiger partial charge < -0.3 is 14.1 Å². The summed E-state index contributed by atoms with van der Waals surface area (Å²) in [6, 6.07) is 13.8. The zero-order chi connectivity index (χ0) is 17.4. The molecule has 0 saturated carbocycles. The summed E-state index contributed by atoms with van der Waals surface area (Å²) in [5.41, 5.74) is 1.63. The summed E-state index contributed by atoms with van der Waals surface area (Å²) in [4.78, 5) is 19.0. The molecule has 4 aromatic rings. The number of nitrogens with one attached hydrogen (secondary N) is 1. The Balaban J connectivity index is 2.07. The first-order chi connectivity index (χ1) is 12.2. The lowest BCUT2D eigenvalue weighted by atomic mass is 9.99. The Morgan fingerprint density at radius 1 is 1.12 bits per heavy atom. The molecule has 0 fully saturated rings.